The summed E-state index contributed by atoms with van der Waals surface area (Å²) >= 11 is 3.46. The summed E-state index contributed by atoms with van der Waals surface area (Å²) in [6.07, 6.45) is -0.443. The van der Waals surface area contributed by atoms with Gasteiger partial charge in [0.2, 0.25) is 5.91 Å². The maximum Gasteiger partial charge on any atom is 0.513 e. The fraction of sp³-hybridized carbons (Fsp3) is 0.263. The summed E-state index contributed by atoms with van der Waals surface area (Å²) < 4.78 is 10.2. The van der Waals surface area contributed by atoms with Gasteiger partial charge in [-0.2, -0.15) is 0 Å². The molecule has 7 heteroatoms. The number of anilines is 1. The van der Waals surface area contributed by atoms with Crippen LogP contribution >= 0.6 is 15.9 Å². The van der Waals surface area contributed by atoms with Gasteiger partial charge in [0, 0.05) is 17.2 Å². The van der Waals surface area contributed by atoms with Gasteiger partial charge in [-0.05, 0) is 48.7 Å². The summed E-state index contributed by atoms with van der Waals surface area (Å²) in [5.41, 5.74) is 8.66. The van der Waals surface area contributed by atoms with Gasteiger partial charge in [-0.25, -0.2) is 4.79 Å². The standard InChI is InChI=1S/C19H21BrN2O4/c1-12-9-14(26-19(24)25-3)10-16(20)15(12)11-17(21)18(23)22(2)13-7-5-4-6-8-13/h4-10,17H,11,21H2,1-3H3/t17-/m1/s1. The van der Waals surface area contributed by atoms with Crippen LogP contribution in [-0.4, -0.2) is 32.3 Å². The number of rotatable bonds is 5. The minimum absolute atomic E-state index is 0.183. The van der Waals surface area contributed by atoms with E-state index < -0.39 is 12.2 Å². The number of methoxy groups -OCH3 is 1. The van der Waals surface area contributed by atoms with Crippen molar-refractivity contribution >= 4 is 33.7 Å². The number of ether oxygens (including phenoxy) is 2. The van der Waals surface area contributed by atoms with Crippen LogP contribution in [0.5, 0.6) is 5.75 Å². The molecule has 138 valence electrons. The Labute approximate surface area is 161 Å². The molecule has 26 heavy (non-hydrogen) atoms. The number of aryl methyl sites for hydroxylation is 1. The maximum absolute atomic E-state index is 12.6. The number of halogens is 1. The molecule has 0 aliphatic heterocycles. The average molecular weight is 421 g/mol. The van der Waals surface area contributed by atoms with E-state index in [1.807, 2.05) is 37.3 Å². The molecule has 0 unspecified atom stereocenters. The second-order valence-electron chi connectivity index (χ2n) is 5.80. The van der Waals surface area contributed by atoms with Gasteiger partial charge >= 0.3 is 6.16 Å². The number of likely N-dealkylation sites (N-methyl/N-ethyl adjacent to an activating group) is 1. The highest BCUT2D eigenvalue weighted by Gasteiger charge is 2.22. The Morgan fingerprint density at radius 3 is 2.46 bits per heavy atom. The van der Waals surface area contributed by atoms with Gasteiger partial charge in [0.1, 0.15) is 5.75 Å². The van der Waals surface area contributed by atoms with Crippen molar-refractivity contribution in [3.8, 4) is 5.75 Å². The minimum atomic E-state index is -0.791. The number of carbonyl (C=O) groups is 2. The number of para-hydroxylation sites is 1. The Kier molecular flexibility index (Phi) is 6.76. The van der Waals surface area contributed by atoms with Gasteiger partial charge in [0.25, 0.3) is 0 Å². The number of hydrogen-bond donors (Lipinski definition) is 1. The lowest BCUT2D eigenvalue weighted by atomic mass is 10.0. The second-order valence-corrected chi connectivity index (χ2v) is 6.65. The van der Waals surface area contributed by atoms with E-state index in [-0.39, 0.29) is 5.91 Å². The van der Waals surface area contributed by atoms with Crippen LogP contribution in [0.1, 0.15) is 11.1 Å². The molecule has 0 aliphatic rings. The first kappa shape index (κ1) is 19.9. The number of nitrogens with zero attached hydrogens (tertiary/aromatic N) is 1. The van der Waals surface area contributed by atoms with Crippen molar-refractivity contribution in [3.63, 3.8) is 0 Å². The van der Waals surface area contributed by atoms with Crippen molar-refractivity contribution < 1.29 is 19.1 Å². The lowest BCUT2D eigenvalue weighted by molar-refractivity contribution is -0.119. The van der Waals surface area contributed by atoms with E-state index in [1.54, 1.807) is 24.1 Å². The van der Waals surface area contributed by atoms with Crippen LogP contribution in [0.4, 0.5) is 10.5 Å². The monoisotopic (exact) mass is 420 g/mol. The van der Waals surface area contributed by atoms with Gasteiger partial charge in [-0.3, -0.25) is 4.79 Å². The molecule has 0 saturated carbocycles. The first-order chi connectivity index (χ1) is 12.3. The third-order valence-electron chi connectivity index (χ3n) is 3.98. The summed E-state index contributed by atoms with van der Waals surface area (Å²) in [6, 6.07) is 12.0. The van der Waals surface area contributed by atoms with Crippen molar-refractivity contribution in [2.24, 2.45) is 5.73 Å². The van der Waals surface area contributed by atoms with Gasteiger partial charge < -0.3 is 20.1 Å². The predicted octanol–water partition coefficient (Wildman–Crippen LogP) is 3.44. The van der Waals surface area contributed by atoms with Crippen molar-refractivity contribution in [1.29, 1.82) is 0 Å². The maximum atomic E-state index is 12.6. The molecule has 2 aromatic carbocycles. The van der Waals surface area contributed by atoms with Gasteiger partial charge in [-0.1, -0.05) is 34.1 Å². The molecule has 1 amide bonds. The summed E-state index contributed by atoms with van der Waals surface area (Å²) in [5.74, 6) is 0.170. The fourth-order valence-corrected chi connectivity index (χ4v) is 3.23. The highest BCUT2D eigenvalue weighted by atomic mass is 79.9. The van der Waals surface area contributed by atoms with E-state index in [0.717, 1.165) is 16.8 Å². The molecule has 0 fully saturated rings. The molecule has 0 bridgehead atoms. The third kappa shape index (κ3) is 4.83. The molecule has 0 heterocycles. The Balaban J connectivity index is 2.14. The molecular formula is C19H21BrN2O4. The topological polar surface area (TPSA) is 81.9 Å². The smallest absolute Gasteiger partial charge is 0.437 e. The molecule has 1 atom stereocenters. The van der Waals surface area contributed by atoms with Gasteiger partial charge in [0.05, 0.1) is 13.2 Å². The second kappa shape index (κ2) is 8.82. The van der Waals surface area contributed by atoms with Crippen LogP contribution in [0.2, 0.25) is 0 Å². The Morgan fingerprint density at radius 2 is 1.88 bits per heavy atom. The fourth-order valence-electron chi connectivity index (χ4n) is 2.53. The molecular weight excluding hydrogens is 400 g/mol. The summed E-state index contributed by atoms with van der Waals surface area (Å²) in [5, 5.41) is 0. The number of benzene rings is 2. The first-order valence-corrected chi connectivity index (χ1v) is 8.75. The van der Waals surface area contributed by atoms with Crippen LogP contribution in [0, 0.1) is 6.92 Å². The SMILES string of the molecule is COC(=O)Oc1cc(C)c(C[C@@H](N)C(=O)N(C)c2ccccc2)c(Br)c1. The van der Waals surface area contributed by atoms with E-state index in [2.05, 4.69) is 20.7 Å². The molecule has 0 saturated heterocycles. The molecule has 2 rings (SSSR count). The molecule has 2 aromatic rings. The molecule has 2 N–H and O–H groups in total. The largest absolute Gasteiger partial charge is 0.513 e. The molecule has 0 spiro atoms. The van der Waals surface area contributed by atoms with E-state index in [4.69, 9.17) is 10.5 Å². The normalized spacial score (nSPS) is 11.6. The minimum Gasteiger partial charge on any atom is -0.437 e. The predicted molar refractivity (Wildman–Crippen MR) is 103 cm³/mol. The van der Waals surface area contributed by atoms with Crippen molar-refractivity contribution in [1.82, 2.24) is 0 Å². The number of amides is 1. The summed E-state index contributed by atoms with van der Waals surface area (Å²) in [7, 11) is 2.94. The Morgan fingerprint density at radius 1 is 1.23 bits per heavy atom. The van der Waals surface area contributed by atoms with E-state index in [9.17, 15) is 9.59 Å². The number of hydrogen-bond acceptors (Lipinski definition) is 5. The average Bonchev–Trinajstić information content (AvgIpc) is 2.63. The quantitative estimate of drug-likeness (QED) is 0.591. The lowest BCUT2D eigenvalue weighted by Gasteiger charge is -2.22. The van der Waals surface area contributed by atoms with Gasteiger partial charge in [-0.15, -0.1) is 0 Å². The van der Waals surface area contributed by atoms with Gasteiger partial charge in [0.15, 0.2) is 0 Å². The number of nitrogens with two attached hydrogens (primary N) is 1. The highest BCUT2D eigenvalue weighted by molar-refractivity contribution is 9.10. The zero-order chi connectivity index (χ0) is 19.3. The first-order valence-electron chi connectivity index (χ1n) is 7.96. The zero-order valence-electron chi connectivity index (χ0n) is 14.9. The zero-order valence-corrected chi connectivity index (χ0v) is 16.4. The molecule has 0 aliphatic carbocycles. The third-order valence-corrected chi connectivity index (χ3v) is 4.68. The summed E-state index contributed by atoms with van der Waals surface area (Å²) in [6.45, 7) is 1.86. The van der Waals surface area contributed by atoms with Crippen molar-refractivity contribution in [2.75, 3.05) is 19.1 Å². The van der Waals surface area contributed by atoms with Crippen LogP contribution in [0.3, 0.4) is 0 Å². The molecule has 6 nitrogen and oxygen atoms in total. The molecule has 0 radical (unpaired) electrons. The van der Waals surface area contributed by atoms with Crippen LogP contribution in [0.15, 0.2) is 46.9 Å². The number of carbonyl (C=O) groups excluding carboxylic acids is 2. The Hall–Kier alpha value is -2.38. The van der Waals surface area contributed by atoms with Crippen molar-refractivity contribution in [3.05, 3.63) is 58.1 Å². The van der Waals surface area contributed by atoms with E-state index in [1.165, 1.54) is 7.11 Å². The van der Waals surface area contributed by atoms with Crippen LogP contribution in [0.25, 0.3) is 0 Å². The van der Waals surface area contributed by atoms with Crippen LogP contribution < -0.4 is 15.4 Å². The van der Waals surface area contributed by atoms with E-state index >= 15 is 0 Å². The van der Waals surface area contributed by atoms with E-state index in [0.29, 0.717) is 16.6 Å². The lowest BCUT2D eigenvalue weighted by Crippen LogP contribution is -2.43. The van der Waals surface area contributed by atoms with Crippen LogP contribution in [-0.2, 0) is 16.0 Å². The Bertz CT molecular complexity index is 772. The highest BCUT2D eigenvalue weighted by Crippen LogP contribution is 2.28. The molecule has 0 aromatic heterocycles. The summed E-state index contributed by atoms with van der Waals surface area (Å²) in [4.78, 5) is 25.4. The van der Waals surface area contributed by atoms with Crippen molar-refractivity contribution in [2.45, 2.75) is 19.4 Å².